The fourth-order valence-corrected chi connectivity index (χ4v) is 1.48. The van der Waals surface area contributed by atoms with Crippen molar-refractivity contribution in [2.45, 2.75) is 6.92 Å². The van der Waals surface area contributed by atoms with Crippen molar-refractivity contribution in [3.63, 3.8) is 0 Å². The first-order valence-electron chi connectivity index (χ1n) is 4.25. The molecule has 0 bridgehead atoms. The van der Waals surface area contributed by atoms with Gasteiger partial charge in [0.25, 0.3) is 5.56 Å². The lowest BCUT2D eigenvalue weighted by Crippen LogP contribution is -2.18. The standard InChI is InChI=1S/C11H11NO/c1-8-7-9-5-3-4-6-10(9)11(13)12(8)2/h3-7H,1-2H3. The molecule has 0 aliphatic heterocycles. The van der Waals surface area contributed by atoms with E-state index in [1.54, 1.807) is 11.6 Å². The van der Waals surface area contributed by atoms with E-state index in [9.17, 15) is 4.79 Å². The number of aromatic nitrogens is 1. The molecule has 13 heavy (non-hydrogen) atoms. The molecule has 2 heteroatoms. The molecule has 66 valence electrons. The summed E-state index contributed by atoms with van der Waals surface area (Å²) in [6.45, 7) is 1.94. The molecule has 1 aromatic carbocycles. The summed E-state index contributed by atoms with van der Waals surface area (Å²) in [5, 5.41) is 1.80. The normalized spacial score (nSPS) is 10.6. The monoisotopic (exact) mass is 173 g/mol. The number of nitrogens with zero attached hydrogens (tertiary/aromatic N) is 1. The smallest absolute Gasteiger partial charge is 0.258 e. The molecule has 0 aliphatic rings. The number of pyridine rings is 1. The van der Waals surface area contributed by atoms with Crippen molar-refractivity contribution < 1.29 is 0 Å². The van der Waals surface area contributed by atoms with Crippen molar-refractivity contribution in [3.8, 4) is 0 Å². The second-order valence-electron chi connectivity index (χ2n) is 3.24. The third-order valence-corrected chi connectivity index (χ3v) is 2.39. The maximum Gasteiger partial charge on any atom is 0.258 e. The zero-order valence-corrected chi connectivity index (χ0v) is 7.74. The molecule has 0 spiro atoms. The van der Waals surface area contributed by atoms with Crippen LogP contribution >= 0.6 is 0 Å². The predicted octanol–water partition coefficient (Wildman–Crippen LogP) is 1.85. The van der Waals surface area contributed by atoms with Crippen LogP contribution in [-0.2, 0) is 7.05 Å². The highest BCUT2D eigenvalue weighted by Crippen LogP contribution is 2.09. The summed E-state index contributed by atoms with van der Waals surface area (Å²) in [5.74, 6) is 0. The van der Waals surface area contributed by atoms with Crippen LogP contribution in [0.2, 0.25) is 0 Å². The quantitative estimate of drug-likeness (QED) is 0.596. The van der Waals surface area contributed by atoms with E-state index < -0.39 is 0 Å². The summed E-state index contributed by atoms with van der Waals surface area (Å²) in [6.07, 6.45) is 0. The number of hydrogen-bond donors (Lipinski definition) is 0. The molecule has 0 saturated carbocycles. The molecule has 0 amide bonds. The lowest BCUT2D eigenvalue weighted by molar-refractivity contribution is 0.830. The Bertz CT molecular complexity index is 511. The van der Waals surface area contributed by atoms with Crippen molar-refractivity contribution in [2.24, 2.45) is 7.05 Å². The number of benzene rings is 1. The molecule has 0 saturated heterocycles. The Hall–Kier alpha value is -1.57. The van der Waals surface area contributed by atoms with Gasteiger partial charge in [0.1, 0.15) is 0 Å². The van der Waals surface area contributed by atoms with Crippen molar-refractivity contribution in [1.82, 2.24) is 4.57 Å². The molecular formula is C11H11NO. The van der Waals surface area contributed by atoms with E-state index in [1.807, 2.05) is 37.3 Å². The van der Waals surface area contributed by atoms with E-state index in [1.165, 1.54) is 0 Å². The Kier molecular flexibility index (Phi) is 1.69. The summed E-state index contributed by atoms with van der Waals surface area (Å²) >= 11 is 0. The lowest BCUT2D eigenvalue weighted by atomic mass is 10.1. The second kappa shape index (κ2) is 2.73. The highest BCUT2D eigenvalue weighted by atomic mass is 16.1. The van der Waals surface area contributed by atoms with Crippen molar-refractivity contribution in [1.29, 1.82) is 0 Å². The van der Waals surface area contributed by atoms with Crippen LogP contribution in [0.1, 0.15) is 5.69 Å². The van der Waals surface area contributed by atoms with Crippen LogP contribution < -0.4 is 5.56 Å². The van der Waals surface area contributed by atoms with Gasteiger partial charge in [-0.25, -0.2) is 0 Å². The van der Waals surface area contributed by atoms with E-state index in [-0.39, 0.29) is 5.56 Å². The van der Waals surface area contributed by atoms with E-state index in [0.717, 1.165) is 16.5 Å². The van der Waals surface area contributed by atoms with E-state index in [2.05, 4.69) is 0 Å². The molecule has 0 N–H and O–H groups in total. The molecule has 2 nitrogen and oxygen atoms in total. The summed E-state index contributed by atoms with van der Waals surface area (Å²) in [4.78, 5) is 11.7. The number of aryl methyl sites for hydroxylation is 1. The van der Waals surface area contributed by atoms with Gasteiger partial charge in [-0.3, -0.25) is 4.79 Å². The van der Waals surface area contributed by atoms with Crippen molar-refractivity contribution >= 4 is 10.8 Å². The van der Waals surface area contributed by atoms with Crippen molar-refractivity contribution in [3.05, 3.63) is 46.4 Å². The second-order valence-corrected chi connectivity index (χ2v) is 3.24. The van der Waals surface area contributed by atoms with Gasteiger partial charge in [-0.05, 0) is 24.4 Å². The summed E-state index contributed by atoms with van der Waals surface area (Å²) in [5.41, 5.74) is 1.07. The van der Waals surface area contributed by atoms with Gasteiger partial charge in [0.2, 0.25) is 0 Å². The van der Waals surface area contributed by atoms with Crippen LogP contribution in [0.4, 0.5) is 0 Å². The minimum absolute atomic E-state index is 0.0793. The van der Waals surface area contributed by atoms with Gasteiger partial charge >= 0.3 is 0 Å². The highest BCUT2D eigenvalue weighted by Gasteiger charge is 2.01. The molecule has 0 aliphatic carbocycles. The Morgan fingerprint density at radius 3 is 2.69 bits per heavy atom. The van der Waals surface area contributed by atoms with Crippen LogP contribution in [0, 0.1) is 6.92 Å². The minimum atomic E-state index is 0.0793. The van der Waals surface area contributed by atoms with Gasteiger partial charge in [-0.15, -0.1) is 0 Å². The average Bonchev–Trinajstić information content (AvgIpc) is 2.15. The molecular weight excluding hydrogens is 162 g/mol. The van der Waals surface area contributed by atoms with Gasteiger partial charge in [0.05, 0.1) is 0 Å². The zero-order valence-electron chi connectivity index (χ0n) is 7.74. The van der Waals surface area contributed by atoms with Crippen LogP contribution in [0.25, 0.3) is 10.8 Å². The number of rotatable bonds is 0. The van der Waals surface area contributed by atoms with Gasteiger partial charge in [0, 0.05) is 18.1 Å². The Morgan fingerprint density at radius 2 is 1.92 bits per heavy atom. The van der Waals surface area contributed by atoms with E-state index >= 15 is 0 Å². The minimum Gasteiger partial charge on any atom is -0.315 e. The molecule has 0 fully saturated rings. The fraction of sp³-hybridized carbons (Fsp3) is 0.182. The topological polar surface area (TPSA) is 22.0 Å². The third-order valence-electron chi connectivity index (χ3n) is 2.39. The average molecular weight is 173 g/mol. The number of fused-ring (bicyclic) bond motifs is 1. The van der Waals surface area contributed by atoms with Crippen LogP contribution in [-0.4, -0.2) is 4.57 Å². The third kappa shape index (κ3) is 1.15. The Morgan fingerprint density at radius 1 is 1.23 bits per heavy atom. The van der Waals surface area contributed by atoms with Crippen molar-refractivity contribution in [2.75, 3.05) is 0 Å². The van der Waals surface area contributed by atoms with Crippen LogP contribution in [0.5, 0.6) is 0 Å². The van der Waals surface area contributed by atoms with Gasteiger partial charge in [0.15, 0.2) is 0 Å². The summed E-state index contributed by atoms with van der Waals surface area (Å²) in [6, 6.07) is 9.68. The molecule has 2 aromatic rings. The largest absolute Gasteiger partial charge is 0.315 e. The molecule has 0 atom stereocenters. The van der Waals surface area contributed by atoms with Crippen LogP contribution in [0.3, 0.4) is 0 Å². The van der Waals surface area contributed by atoms with Gasteiger partial charge < -0.3 is 4.57 Å². The lowest BCUT2D eigenvalue weighted by Gasteiger charge is -2.04. The zero-order chi connectivity index (χ0) is 9.42. The van der Waals surface area contributed by atoms with Crippen LogP contribution in [0.15, 0.2) is 35.1 Å². The maximum atomic E-state index is 11.7. The van der Waals surface area contributed by atoms with E-state index in [4.69, 9.17) is 0 Å². The maximum absolute atomic E-state index is 11.7. The van der Waals surface area contributed by atoms with Gasteiger partial charge in [-0.2, -0.15) is 0 Å². The molecule has 1 heterocycles. The predicted molar refractivity (Wildman–Crippen MR) is 53.9 cm³/mol. The molecule has 1 aromatic heterocycles. The summed E-state index contributed by atoms with van der Waals surface area (Å²) in [7, 11) is 1.80. The summed E-state index contributed by atoms with van der Waals surface area (Å²) < 4.78 is 1.67. The first-order valence-corrected chi connectivity index (χ1v) is 4.25. The molecule has 0 radical (unpaired) electrons. The number of hydrogen-bond acceptors (Lipinski definition) is 1. The first-order chi connectivity index (χ1) is 6.20. The van der Waals surface area contributed by atoms with E-state index in [0.29, 0.717) is 0 Å². The Labute approximate surface area is 76.4 Å². The SMILES string of the molecule is Cc1cc2ccccc2c(=O)n1C. The first kappa shape index (κ1) is 8.05. The molecule has 2 rings (SSSR count). The highest BCUT2D eigenvalue weighted by molar-refractivity contribution is 5.81. The molecule has 0 unspecified atom stereocenters. The fourth-order valence-electron chi connectivity index (χ4n) is 1.48. The van der Waals surface area contributed by atoms with Gasteiger partial charge in [-0.1, -0.05) is 18.2 Å². The Balaban J connectivity index is 3.03.